The topological polar surface area (TPSA) is 76.1 Å². The highest BCUT2D eigenvalue weighted by molar-refractivity contribution is 7.92. The Balaban J connectivity index is 1.68. The Morgan fingerprint density at radius 1 is 1.12 bits per heavy atom. The van der Waals surface area contributed by atoms with Gasteiger partial charge in [0.05, 0.1) is 10.6 Å². The van der Waals surface area contributed by atoms with Crippen molar-refractivity contribution in [2.75, 3.05) is 11.1 Å². The zero-order valence-electron chi connectivity index (χ0n) is 13.8. The van der Waals surface area contributed by atoms with E-state index in [1.54, 1.807) is 29.6 Å². The minimum Gasteiger partial charge on any atom is -0.301 e. The molecule has 0 aliphatic carbocycles. The highest BCUT2D eigenvalue weighted by atomic mass is 32.2. The van der Waals surface area contributed by atoms with E-state index >= 15 is 0 Å². The van der Waals surface area contributed by atoms with Gasteiger partial charge in [-0.3, -0.25) is 4.79 Å². The third-order valence-electron chi connectivity index (χ3n) is 3.59. The molecule has 0 bridgehead atoms. The summed E-state index contributed by atoms with van der Waals surface area (Å²) in [6, 6.07) is 12.1. The van der Waals surface area contributed by atoms with E-state index in [1.165, 1.54) is 35.6 Å². The lowest BCUT2D eigenvalue weighted by atomic mass is 10.2. The summed E-state index contributed by atoms with van der Waals surface area (Å²) in [6.07, 6.45) is 0. The maximum Gasteiger partial charge on any atom is 0.241 e. The molecule has 26 heavy (non-hydrogen) atoms. The van der Waals surface area contributed by atoms with Crippen molar-refractivity contribution < 1.29 is 17.6 Å². The third kappa shape index (κ3) is 4.33. The molecule has 8 heteroatoms. The van der Waals surface area contributed by atoms with E-state index in [9.17, 15) is 17.6 Å². The lowest BCUT2D eigenvalue weighted by Crippen LogP contribution is -2.22. The van der Waals surface area contributed by atoms with Crippen molar-refractivity contribution in [1.29, 1.82) is 0 Å². The molecule has 1 N–H and O–H groups in total. The molecule has 5 nitrogen and oxygen atoms in total. The Hall–Kier alpha value is -2.58. The van der Waals surface area contributed by atoms with Crippen LogP contribution in [0.5, 0.6) is 0 Å². The number of rotatable bonds is 5. The highest BCUT2D eigenvalue weighted by Gasteiger charge is 2.20. The van der Waals surface area contributed by atoms with Gasteiger partial charge in [-0.2, -0.15) is 0 Å². The number of carbonyl (C=O) groups excluding carboxylic acids is 1. The molecule has 1 heterocycles. The molecule has 3 aromatic rings. The SMILES string of the molecule is Cc1ccc(S(=O)(=O)CC(=O)Nc2nc(-c3ccc(F)cc3)cs2)cc1. The Morgan fingerprint density at radius 2 is 1.77 bits per heavy atom. The quantitative estimate of drug-likeness (QED) is 0.721. The molecular weight excluding hydrogens is 375 g/mol. The van der Waals surface area contributed by atoms with Crippen LogP contribution in [0.4, 0.5) is 9.52 Å². The Labute approximate surface area is 154 Å². The number of amides is 1. The molecule has 0 unspecified atom stereocenters. The van der Waals surface area contributed by atoms with Gasteiger partial charge in [0, 0.05) is 10.9 Å². The maximum atomic E-state index is 13.0. The number of halogens is 1. The van der Waals surface area contributed by atoms with Crippen LogP contribution >= 0.6 is 11.3 Å². The number of hydrogen-bond acceptors (Lipinski definition) is 5. The number of sulfone groups is 1. The molecule has 0 aliphatic rings. The first kappa shape index (κ1) is 18.2. The minimum atomic E-state index is -3.72. The van der Waals surface area contributed by atoms with E-state index in [2.05, 4.69) is 10.3 Å². The van der Waals surface area contributed by atoms with Crippen molar-refractivity contribution in [2.24, 2.45) is 0 Å². The highest BCUT2D eigenvalue weighted by Crippen LogP contribution is 2.25. The fraction of sp³-hybridized carbons (Fsp3) is 0.111. The van der Waals surface area contributed by atoms with Crippen molar-refractivity contribution in [3.05, 3.63) is 65.3 Å². The number of carbonyl (C=O) groups is 1. The van der Waals surface area contributed by atoms with E-state index in [0.29, 0.717) is 11.3 Å². The monoisotopic (exact) mass is 390 g/mol. The number of benzene rings is 2. The zero-order valence-corrected chi connectivity index (χ0v) is 15.4. The molecule has 3 rings (SSSR count). The Bertz CT molecular complexity index is 1030. The first-order valence-corrected chi connectivity index (χ1v) is 10.2. The standard InChI is InChI=1S/C18H15FN2O3S2/c1-12-2-8-15(9-3-12)26(23,24)11-17(22)21-18-20-16(10-25-18)13-4-6-14(19)7-5-13/h2-10H,11H2,1H3,(H,20,21,22). The van der Waals surface area contributed by atoms with Crippen LogP contribution < -0.4 is 5.32 Å². The third-order valence-corrected chi connectivity index (χ3v) is 5.98. The molecule has 0 radical (unpaired) electrons. The van der Waals surface area contributed by atoms with Crippen LogP contribution in [0.15, 0.2) is 58.8 Å². The molecular formula is C18H15FN2O3S2. The smallest absolute Gasteiger partial charge is 0.241 e. The molecule has 2 aromatic carbocycles. The van der Waals surface area contributed by atoms with Gasteiger partial charge in [0.2, 0.25) is 5.91 Å². The molecule has 1 amide bonds. The number of nitrogens with one attached hydrogen (secondary N) is 1. The Morgan fingerprint density at radius 3 is 2.42 bits per heavy atom. The van der Waals surface area contributed by atoms with Crippen LogP contribution in [0, 0.1) is 12.7 Å². The van der Waals surface area contributed by atoms with Gasteiger partial charge in [-0.05, 0) is 43.3 Å². The average molecular weight is 390 g/mol. The Kier molecular flexibility index (Phi) is 5.15. The summed E-state index contributed by atoms with van der Waals surface area (Å²) in [5, 5.41) is 4.49. The van der Waals surface area contributed by atoms with Gasteiger partial charge in [0.1, 0.15) is 11.6 Å². The van der Waals surface area contributed by atoms with E-state index < -0.39 is 21.5 Å². The molecule has 0 saturated heterocycles. The van der Waals surface area contributed by atoms with Crippen LogP contribution in [-0.4, -0.2) is 25.1 Å². The van der Waals surface area contributed by atoms with E-state index in [1.807, 2.05) is 6.92 Å². The van der Waals surface area contributed by atoms with Crippen molar-refractivity contribution in [2.45, 2.75) is 11.8 Å². The summed E-state index contributed by atoms with van der Waals surface area (Å²) in [4.78, 5) is 16.4. The summed E-state index contributed by atoms with van der Waals surface area (Å²) >= 11 is 1.17. The first-order chi connectivity index (χ1) is 12.3. The number of hydrogen-bond donors (Lipinski definition) is 1. The molecule has 134 valence electrons. The number of thiazole rings is 1. The number of nitrogens with zero attached hydrogens (tertiary/aromatic N) is 1. The van der Waals surface area contributed by atoms with Gasteiger partial charge < -0.3 is 5.32 Å². The summed E-state index contributed by atoms with van der Waals surface area (Å²) in [6.45, 7) is 1.85. The van der Waals surface area contributed by atoms with Crippen LogP contribution in [0.25, 0.3) is 11.3 Å². The van der Waals surface area contributed by atoms with Crippen molar-refractivity contribution in [3.63, 3.8) is 0 Å². The number of anilines is 1. The summed E-state index contributed by atoms with van der Waals surface area (Å²) in [5.74, 6) is -1.67. The second-order valence-corrected chi connectivity index (χ2v) is 8.51. The maximum absolute atomic E-state index is 13.0. The predicted molar refractivity (Wildman–Crippen MR) is 99.4 cm³/mol. The van der Waals surface area contributed by atoms with Crippen molar-refractivity contribution in [3.8, 4) is 11.3 Å². The fourth-order valence-electron chi connectivity index (χ4n) is 2.24. The second-order valence-electron chi connectivity index (χ2n) is 5.67. The lowest BCUT2D eigenvalue weighted by molar-refractivity contribution is -0.113. The molecule has 0 saturated carbocycles. The second kappa shape index (κ2) is 7.35. The summed E-state index contributed by atoms with van der Waals surface area (Å²) in [7, 11) is -3.72. The van der Waals surface area contributed by atoms with Gasteiger partial charge >= 0.3 is 0 Å². The normalized spacial score (nSPS) is 11.3. The number of aromatic nitrogens is 1. The largest absolute Gasteiger partial charge is 0.301 e. The first-order valence-electron chi connectivity index (χ1n) is 7.64. The average Bonchev–Trinajstić information content (AvgIpc) is 3.03. The fourth-order valence-corrected chi connectivity index (χ4v) is 4.11. The summed E-state index contributed by atoms with van der Waals surface area (Å²) < 4.78 is 37.5. The molecule has 0 aliphatic heterocycles. The molecule has 1 aromatic heterocycles. The van der Waals surface area contributed by atoms with Crippen LogP contribution in [0.3, 0.4) is 0 Å². The van der Waals surface area contributed by atoms with E-state index in [-0.39, 0.29) is 15.8 Å². The predicted octanol–water partition coefficient (Wildman–Crippen LogP) is 3.67. The van der Waals surface area contributed by atoms with E-state index in [0.717, 1.165) is 5.56 Å². The molecule has 0 spiro atoms. The molecule has 0 fully saturated rings. The van der Waals surface area contributed by atoms with Gasteiger partial charge in [0.25, 0.3) is 0 Å². The van der Waals surface area contributed by atoms with Gasteiger partial charge in [-0.15, -0.1) is 11.3 Å². The van der Waals surface area contributed by atoms with Crippen molar-refractivity contribution >= 4 is 32.2 Å². The van der Waals surface area contributed by atoms with Gasteiger partial charge in [0.15, 0.2) is 15.0 Å². The zero-order chi connectivity index (χ0) is 18.7. The van der Waals surface area contributed by atoms with Crippen LogP contribution in [-0.2, 0) is 14.6 Å². The molecule has 0 atom stereocenters. The van der Waals surface area contributed by atoms with Crippen molar-refractivity contribution in [1.82, 2.24) is 4.98 Å². The summed E-state index contributed by atoms with van der Waals surface area (Å²) in [5.41, 5.74) is 2.21. The van der Waals surface area contributed by atoms with E-state index in [4.69, 9.17) is 0 Å². The lowest BCUT2D eigenvalue weighted by Gasteiger charge is -2.05. The number of aryl methyl sites for hydroxylation is 1. The van der Waals surface area contributed by atoms with Gasteiger partial charge in [-0.25, -0.2) is 17.8 Å². The van der Waals surface area contributed by atoms with Gasteiger partial charge in [-0.1, -0.05) is 17.7 Å². The minimum absolute atomic E-state index is 0.101. The van der Waals surface area contributed by atoms with Crippen LogP contribution in [0.1, 0.15) is 5.56 Å². The van der Waals surface area contributed by atoms with Crippen LogP contribution in [0.2, 0.25) is 0 Å².